The summed E-state index contributed by atoms with van der Waals surface area (Å²) in [7, 11) is 0. The van der Waals surface area contributed by atoms with E-state index in [-0.39, 0.29) is 5.75 Å². The van der Waals surface area contributed by atoms with Crippen LogP contribution in [0.5, 0.6) is 5.75 Å². The number of aromatic nitrogens is 2. The van der Waals surface area contributed by atoms with E-state index in [4.69, 9.17) is 17.3 Å². The van der Waals surface area contributed by atoms with Gasteiger partial charge in [0.1, 0.15) is 16.4 Å². The van der Waals surface area contributed by atoms with Crippen LogP contribution in [0.4, 0.5) is 0 Å². The van der Waals surface area contributed by atoms with Crippen LogP contribution in [-0.4, -0.2) is 21.4 Å². The maximum absolute atomic E-state index is 9.51. The van der Waals surface area contributed by atoms with Gasteiger partial charge in [0.15, 0.2) is 0 Å². The second kappa shape index (κ2) is 3.48. The zero-order valence-electron chi connectivity index (χ0n) is 7.44. The molecule has 0 bridgehead atoms. The molecule has 0 aliphatic carbocycles. The van der Waals surface area contributed by atoms with Gasteiger partial charge in [-0.05, 0) is 12.1 Å². The van der Waals surface area contributed by atoms with Crippen molar-refractivity contribution in [2.24, 2.45) is 5.73 Å². The first-order chi connectivity index (χ1) is 6.74. The lowest BCUT2D eigenvalue weighted by Gasteiger charge is -1.97. The number of fused-ring (bicyclic) bond motifs is 1. The molecule has 2 rings (SSSR count). The van der Waals surface area contributed by atoms with Gasteiger partial charge in [0.25, 0.3) is 0 Å². The van der Waals surface area contributed by atoms with Crippen molar-refractivity contribution in [1.29, 1.82) is 0 Å². The second-order valence-electron chi connectivity index (χ2n) is 2.98. The Morgan fingerprint density at radius 2 is 2.29 bits per heavy atom. The predicted octanol–water partition coefficient (Wildman–Crippen LogP) is 1.35. The van der Waals surface area contributed by atoms with Crippen molar-refractivity contribution < 1.29 is 5.11 Å². The molecular weight excluding hydrogens is 202 g/mol. The third kappa shape index (κ3) is 1.32. The van der Waals surface area contributed by atoms with Crippen LogP contribution in [0.25, 0.3) is 10.9 Å². The van der Waals surface area contributed by atoms with E-state index in [1.807, 2.05) is 6.07 Å². The lowest BCUT2D eigenvalue weighted by atomic mass is 10.2. The van der Waals surface area contributed by atoms with E-state index in [1.54, 1.807) is 16.8 Å². The minimum Gasteiger partial charge on any atom is -0.506 e. The molecule has 0 unspecified atom stereocenters. The third-order valence-electron chi connectivity index (χ3n) is 2.03. The van der Waals surface area contributed by atoms with Crippen molar-refractivity contribution in [1.82, 2.24) is 9.78 Å². The second-order valence-corrected chi connectivity index (χ2v) is 3.33. The molecule has 1 aromatic carbocycles. The standard InChI is InChI=1S/C9H10ClN3O/c10-9-6-2-1-3-7(14)8(6)12-13(9)5-4-11/h1-3,14H,4-5,11H2. The minimum absolute atomic E-state index is 0.139. The van der Waals surface area contributed by atoms with Gasteiger partial charge in [-0.2, -0.15) is 5.10 Å². The number of phenolic OH excluding ortho intramolecular Hbond substituents is 1. The highest BCUT2D eigenvalue weighted by atomic mass is 35.5. The quantitative estimate of drug-likeness (QED) is 0.788. The van der Waals surface area contributed by atoms with Crippen LogP contribution in [0.2, 0.25) is 5.15 Å². The minimum atomic E-state index is 0.139. The van der Waals surface area contributed by atoms with Crippen LogP contribution in [0.3, 0.4) is 0 Å². The molecule has 74 valence electrons. The van der Waals surface area contributed by atoms with Crippen LogP contribution in [0.1, 0.15) is 0 Å². The zero-order chi connectivity index (χ0) is 10.1. The number of phenols is 1. The third-order valence-corrected chi connectivity index (χ3v) is 2.42. The first-order valence-corrected chi connectivity index (χ1v) is 4.66. The number of nitrogens with two attached hydrogens (primary N) is 1. The summed E-state index contributed by atoms with van der Waals surface area (Å²) in [6.45, 7) is 1.02. The van der Waals surface area contributed by atoms with Crippen LogP contribution in [0, 0.1) is 0 Å². The average Bonchev–Trinajstić information content (AvgIpc) is 2.48. The summed E-state index contributed by atoms with van der Waals surface area (Å²) in [5.41, 5.74) is 5.93. The maximum Gasteiger partial charge on any atom is 0.143 e. The molecule has 0 atom stereocenters. The average molecular weight is 212 g/mol. The molecule has 3 N–H and O–H groups in total. The molecule has 0 fully saturated rings. The molecule has 1 heterocycles. The summed E-state index contributed by atoms with van der Waals surface area (Å²) in [6, 6.07) is 5.13. The van der Waals surface area contributed by atoms with E-state index in [2.05, 4.69) is 5.10 Å². The Labute approximate surface area is 85.9 Å². The van der Waals surface area contributed by atoms with Crippen molar-refractivity contribution >= 4 is 22.5 Å². The monoisotopic (exact) mass is 211 g/mol. The lowest BCUT2D eigenvalue weighted by molar-refractivity contribution is 0.479. The smallest absolute Gasteiger partial charge is 0.143 e. The molecule has 0 saturated heterocycles. The summed E-state index contributed by atoms with van der Waals surface area (Å²) in [5, 5.41) is 14.9. The molecule has 4 nitrogen and oxygen atoms in total. The number of hydrogen-bond acceptors (Lipinski definition) is 3. The molecule has 0 aliphatic heterocycles. The van der Waals surface area contributed by atoms with E-state index < -0.39 is 0 Å². The van der Waals surface area contributed by atoms with Crippen LogP contribution < -0.4 is 5.73 Å². The fourth-order valence-corrected chi connectivity index (χ4v) is 1.65. The molecule has 5 heteroatoms. The summed E-state index contributed by atoms with van der Waals surface area (Å²) in [6.07, 6.45) is 0. The van der Waals surface area contributed by atoms with Crippen molar-refractivity contribution in [3.8, 4) is 5.75 Å². The van der Waals surface area contributed by atoms with Gasteiger partial charge in [0.2, 0.25) is 0 Å². The summed E-state index contributed by atoms with van der Waals surface area (Å²) in [4.78, 5) is 0. The zero-order valence-corrected chi connectivity index (χ0v) is 8.20. The SMILES string of the molecule is NCCn1nc2c(O)cccc2c1Cl. The fourth-order valence-electron chi connectivity index (χ4n) is 1.38. The van der Waals surface area contributed by atoms with Gasteiger partial charge in [-0.3, -0.25) is 4.68 Å². The van der Waals surface area contributed by atoms with Gasteiger partial charge in [0, 0.05) is 11.9 Å². The van der Waals surface area contributed by atoms with Crippen LogP contribution in [0.15, 0.2) is 18.2 Å². The maximum atomic E-state index is 9.51. The van der Waals surface area contributed by atoms with Crippen molar-refractivity contribution in [2.75, 3.05) is 6.54 Å². The fraction of sp³-hybridized carbons (Fsp3) is 0.222. The summed E-state index contributed by atoms with van der Waals surface area (Å²) >= 11 is 6.04. The number of halogens is 1. The van der Waals surface area contributed by atoms with E-state index in [9.17, 15) is 5.11 Å². The van der Waals surface area contributed by atoms with E-state index >= 15 is 0 Å². The highest BCUT2D eigenvalue weighted by molar-refractivity contribution is 6.34. The number of rotatable bonds is 2. The Bertz CT molecular complexity index is 466. The van der Waals surface area contributed by atoms with Crippen molar-refractivity contribution in [2.45, 2.75) is 6.54 Å². The Balaban J connectivity index is 2.67. The molecule has 0 saturated carbocycles. The first kappa shape index (κ1) is 9.30. The predicted molar refractivity (Wildman–Crippen MR) is 55.5 cm³/mol. The van der Waals surface area contributed by atoms with Crippen LogP contribution >= 0.6 is 11.6 Å². The molecule has 2 aromatic rings. The molecule has 0 radical (unpaired) electrons. The molecule has 0 aliphatic rings. The van der Waals surface area contributed by atoms with Gasteiger partial charge in [-0.1, -0.05) is 17.7 Å². The molecule has 0 spiro atoms. The molecule has 14 heavy (non-hydrogen) atoms. The highest BCUT2D eigenvalue weighted by Gasteiger charge is 2.10. The first-order valence-electron chi connectivity index (χ1n) is 4.28. The van der Waals surface area contributed by atoms with Gasteiger partial charge >= 0.3 is 0 Å². The number of benzene rings is 1. The Morgan fingerprint density at radius 1 is 1.50 bits per heavy atom. The van der Waals surface area contributed by atoms with Gasteiger partial charge in [-0.15, -0.1) is 0 Å². The lowest BCUT2D eigenvalue weighted by Crippen LogP contribution is -2.10. The van der Waals surface area contributed by atoms with E-state index in [0.717, 1.165) is 5.39 Å². The normalized spacial score (nSPS) is 11.0. The van der Waals surface area contributed by atoms with E-state index in [0.29, 0.717) is 23.8 Å². The largest absolute Gasteiger partial charge is 0.506 e. The highest BCUT2D eigenvalue weighted by Crippen LogP contribution is 2.28. The molecule has 0 amide bonds. The van der Waals surface area contributed by atoms with E-state index in [1.165, 1.54) is 0 Å². The Kier molecular flexibility index (Phi) is 2.31. The summed E-state index contributed by atoms with van der Waals surface area (Å²) in [5.74, 6) is 0.139. The number of aromatic hydroxyl groups is 1. The number of hydrogen-bond donors (Lipinski definition) is 2. The Hall–Kier alpha value is -1.26. The van der Waals surface area contributed by atoms with Gasteiger partial charge in [-0.25, -0.2) is 0 Å². The van der Waals surface area contributed by atoms with Gasteiger partial charge in [0.05, 0.1) is 6.54 Å². The van der Waals surface area contributed by atoms with Crippen molar-refractivity contribution in [3.63, 3.8) is 0 Å². The topological polar surface area (TPSA) is 64.1 Å². The van der Waals surface area contributed by atoms with Crippen molar-refractivity contribution in [3.05, 3.63) is 23.4 Å². The summed E-state index contributed by atoms with van der Waals surface area (Å²) < 4.78 is 1.59. The number of nitrogens with zero attached hydrogens (tertiary/aromatic N) is 2. The molecule has 1 aromatic heterocycles. The Morgan fingerprint density at radius 3 is 2.93 bits per heavy atom. The molecular formula is C9H10ClN3O. The van der Waals surface area contributed by atoms with Gasteiger partial charge < -0.3 is 10.8 Å². The van der Waals surface area contributed by atoms with Crippen LogP contribution in [-0.2, 0) is 6.54 Å².